The van der Waals surface area contributed by atoms with Gasteiger partial charge < -0.3 is 25.6 Å². The lowest BCUT2D eigenvalue weighted by Crippen LogP contribution is -2.43. The van der Waals surface area contributed by atoms with Crippen molar-refractivity contribution in [2.75, 3.05) is 77.1 Å². The highest BCUT2D eigenvalue weighted by Crippen LogP contribution is 2.24. The molecule has 2 saturated heterocycles. The first kappa shape index (κ1) is 20.6. The van der Waals surface area contributed by atoms with Crippen LogP contribution in [0.5, 0.6) is 5.88 Å². The number of likely N-dealkylation sites (N-methyl/N-ethyl adjacent to an activating group) is 1. The maximum Gasteiger partial charge on any atom is 0.234 e. The molecule has 3 heterocycles. The second kappa shape index (κ2) is 9.88. The van der Waals surface area contributed by atoms with Gasteiger partial charge in [-0.05, 0) is 45.3 Å². The number of carbonyl (C=O) groups is 1. The molecule has 3 rings (SSSR count). The first-order valence-corrected chi connectivity index (χ1v) is 10.1. The van der Waals surface area contributed by atoms with Gasteiger partial charge in [-0.1, -0.05) is 0 Å². The van der Waals surface area contributed by atoms with Crippen molar-refractivity contribution in [3.63, 3.8) is 0 Å². The summed E-state index contributed by atoms with van der Waals surface area (Å²) < 4.78 is 5.18. The van der Waals surface area contributed by atoms with Gasteiger partial charge in [0.1, 0.15) is 5.82 Å². The summed E-state index contributed by atoms with van der Waals surface area (Å²) in [7, 11) is 3.71. The molecule has 1 aromatic rings. The van der Waals surface area contributed by atoms with E-state index in [1.165, 1.54) is 0 Å². The van der Waals surface area contributed by atoms with E-state index in [4.69, 9.17) is 10.5 Å². The summed E-state index contributed by atoms with van der Waals surface area (Å²) in [5.41, 5.74) is 5.76. The fourth-order valence-corrected chi connectivity index (χ4v) is 3.84. The fraction of sp³-hybridized carbons (Fsp3) is 0.737. The lowest BCUT2D eigenvalue weighted by molar-refractivity contribution is -0.122. The van der Waals surface area contributed by atoms with Crippen molar-refractivity contribution in [1.82, 2.24) is 25.1 Å². The van der Waals surface area contributed by atoms with Crippen LogP contribution in [0.25, 0.3) is 0 Å². The number of anilines is 2. The predicted octanol–water partition coefficient (Wildman–Crippen LogP) is 0.0375. The van der Waals surface area contributed by atoms with Crippen LogP contribution in [-0.4, -0.2) is 92.2 Å². The third kappa shape index (κ3) is 5.93. The Hall–Kier alpha value is -2.13. The quantitative estimate of drug-likeness (QED) is 0.701. The lowest BCUT2D eigenvalue weighted by atomic mass is 9.97. The highest BCUT2D eigenvalue weighted by Gasteiger charge is 2.22. The highest BCUT2D eigenvalue weighted by atomic mass is 16.5. The minimum atomic E-state index is 0.139. The van der Waals surface area contributed by atoms with Crippen LogP contribution in [0.2, 0.25) is 0 Å². The van der Waals surface area contributed by atoms with Crippen molar-refractivity contribution in [1.29, 1.82) is 0 Å². The molecule has 2 aliphatic rings. The number of nitrogens with one attached hydrogen (secondary N) is 1. The number of aromatic nitrogens is 2. The third-order valence-electron chi connectivity index (χ3n) is 5.62. The van der Waals surface area contributed by atoms with Crippen LogP contribution in [0.3, 0.4) is 0 Å². The van der Waals surface area contributed by atoms with Crippen LogP contribution in [0.1, 0.15) is 19.3 Å². The van der Waals surface area contributed by atoms with E-state index in [2.05, 4.69) is 37.0 Å². The van der Waals surface area contributed by atoms with Gasteiger partial charge in [-0.25, -0.2) is 0 Å². The Balaban J connectivity index is 1.39. The Morgan fingerprint density at radius 3 is 2.75 bits per heavy atom. The summed E-state index contributed by atoms with van der Waals surface area (Å²) in [4.78, 5) is 27.5. The molecule has 0 radical (unpaired) electrons. The minimum Gasteiger partial charge on any atom is -0.481 e. The Labute approximate surface area is 167 Å². The van der Waals surface area contributed by atoms with Crippen molar-refractivity contribution >= 4 is 17.7 Å². The Bertz CT molecular complexity index is 649. The molecule has 0 atom stereocenters. The van der Waals surface area contributed by atoms with Crippen LogP contribution < -0.4 is 20.7 Å². The first-order chi connectivity index (χ1) is 13.5. The summed E-state index contributed by atoms with van der Waals surface area (Å²) in [5, 5.41) is 3.13. The van der Waals surface area contributed by atoms with Gasteiger partial charge in [0.2, 0.25) is 17.7 Å². The van der Waals surface area contributed by atoms with Crippen LogP contribution in [0.4, 0.5) is 11.8 Å². The number of carbonyl (C=O) groups excluding carboxylic acids is 1. The van der Waals surface area contributed by atoms with E-state index >= 15 is 0 Å². The zero-order valence-corrected chi connectivity index (χ0v) is 17.1. The van der Waals surface area contributed by atoms with Crippen molar-refractivity contribution in [3.05, 3.63) is 6.07 Å². The zero-order valence-electron chi connectivity index (χ0n) is 17.1. The second-order valence-electron chi connectivity index (χ2n) is 7.79. The molecule has 1 aromatic heterocycles. The van der Waals surface area contributed by atoms with Crippen molar-refractivity contribution < 1.29 is 9.53 Å². The molecule has 9 heteroatoms. The topological polar surface area (TPSA) is 99.9 Å². The van der Waals surface area contributed by atoms with Crippen LogP contribution >= 0.6 is 0 Å². The van der Waals surface area contributed by atoms with Gasteiger partial charge in [-0.15, -0.1) is 0 Å². The van der Waals surface area contributed by atoms with Gasteiger partial charge in [-0.3, -0.25) is 9.69 Å². The van der Waals surface area contributed by atoms with Crippen molar-refractivity contribution in [2.24, 2.45) is 5.92 Å². The summed E-state index contributed by atoms with van der Waals surface area (Å²) in [6, 6.07) is 1.82. The Morgan fingerprint density at radius 2 is 2.00 bits per heavy atom. The second-order valence-corrected chi connectivity index (χ2v) is 7.79. The largest absolute Gasteiger partial charge is 0.481 e. The number of methoxy groups -OCH3 is 1. The maximum absolute atomic E-state index is 12.3. The van der Waals surface area contributed by atoms with Crippen molar-refractivity contribution in [2.45, 2.75) is 19.3 Å². The van der Waals surface area contributed by atoms with E-state index in [1.54, 1.807) is 7.11 Å². The summed E-state index contributed by atoms with van der Waals surface area (Å²) in [6.45, 7) is 7.14. The molecule has 0 spiro atoms. The lowest BCUT2D eigenvalue weighted by Gasteiger charge is -2.33. The van der Waals surface area contributed by atoms with E-state index < -0.39 is 0 Å². The number of amides is 1. The smallest absolute Gasteiger partial charge is 0.234 e. The number of nitrogens with two attached hydrogens (primary N) is 1. The molecule has 1 amide bonds. The monoisotopic (exact) mass is 391 g/mol. The molecule has 28 heavy (non-hydrogen) atoms. The molecule has 0 aliphatic carbocycles. The third-order valence-corrected chi connectivity index (χ3v) is 5.62. The van der Waals surface area contributed by atoms with Gasteiger partial charge in [-0.2, -0.15) is 9.97 Å². The number of nitrogen functional groups attached to an aromatic ring is 1. The molecule has 2 aliphatic heterocycles. The highest BCUT2D eigenvalue weighted by molar-refractivity contribution is 5.78. The Morgan fingerprint density at radius 1 is 1.21 bits per heavy atom. The fourth-order valence-electron chi connectivity index (χ4n) is 3.84. The van der Waals surface area contributed by atoms with E-state index in [1.807, 2.05) is 6.07 Å². The Kier molecular flexibility index (Phi) is 7.27. The first-order valence-electron chi connectivity index (χ1n) is 10.1. The van der Waals surface area contributed by atoms with Crippen LogP contribution in [0.15, 0.2) is 6.07 Å². The number of hydrogen-bond acceptors (Lipinski definition) is 8. The molecular weight excluding hydrogens is 358 g/mol. The molecule has 156 valence electrons. The average Bonchev–Trinajstić information content (AvgIpc) is 2.90. The van der Waals surface area contributed by atoms with Gasteiger partial charge in [0, 0.05) is 38.8 Å². The van der Waals surface area contributed by atoms with Crippen molar-refractivity contribution in [3.8, 4) is 5.88 Å². The number of piperidine rings is 1. The normalized spacial score (nSPS) is 20.0. The summed E-state index contributed by atoms with van der Waals surface area (Å²) in [6.07, 6.45) is 3.16. The van der Waals surface area contributed by atoms with E-state index in [9.17, 15) is 4.79 Å². The molecule has 0 unspecified atom stereocenters. The van der Waals surface area contributed by atoms with E-state index in [-0.39, 0.29) is 11.9 Å². The number of nitrogens with zero attached hydrogens (tertiary/aromatic N) is 5. The minimum absolute atomic E-state index is 0.139. The zero-order chi connectivity index (χ0) is 19.9. The van der Waals surface area contributed by atoms with Crippen LogP contribution in [-0.2, 0) is 4.79 Å². The molecule has 0 aromatic carbocycles. The number of rotatable bonds is 6. The summed E-state index contributed by atoms with van der Waals surface area (Å²) in [5.74, 6) is 2.15. The molecule has 0 saturated carbocycles. The van der Waals surface area contributed by atoms with Crippen LogP contribution in [0, 0.1) is 5.92 Å². The number of ether oxygens (including phenoxy) is 1. The van der Waals surface area contributed by atoms with Gasteiger partial charge in [0.15, 0.2) is 0 Å². The van der Waals surface area contributed by atoms with Gasteiger partial charge in [0.05, 0.1) is 13.7 Å². The maximum atomic E-state index is 12.3. The summed E-state index contributed by atoms with van der Waals surface area (Å²) >= 11 is 0. The van der Waals surface area contributed by atoms with Gasteiger partial charge in [0.25, 0.3) is 0 Å². The van der Waals surface area contributed by atoms with E-state index in [0.29, 0.717) is 18.3 Å². The molecule has 9 nitrogen and oxygen atoms in total. The standard InChI is InChI=1S/C19H33N7O2/c1-24-6-3-7-25(11-10-24)14-17(27)21-13-15-4-8-26(9-5-15)16-12-18(28-2)23-19(20)22-16/h12,15H,3-11,13-14H2,1-2H3,(H,21,27)(H2,20,22,23). The predicted molar refractivity (Wildman–Crippen MR) is 109 cm³/mol. The van der Waals surface area contributed by atoms with Gasteiger partial charge >= 0.3 is 0 Å². The average molecular weight is 392 g/mol. The van der Waals surface area contributed by atoms with E-state index in [0.717, 1.165) is 70.9 Å². The SMILES string of the molecule is COc1cc(N2CCC(CNC(=O)CN3CCCN(C)CC3)CC2)nc(N)n1. The number of hydrogen-bond donors (Lipinski definition) is 2. The molecule has 2 fully saturated rings. The molecule has 3 N–H and O–H groups in total. The molecular formula is C19H33N7O2. The molecule has 0 bridgehead atoms.